The van der Waals surface area contributed by atoms with E-state index in [1.165, 1.54) is 49.9 Å². The molecule has 0 bridgehead atoms. The number of nitrogens with zero attached hydrogens (tertiary/aromatic N) is 1. The highest BCUT2D eigenvalue weighted by Gasteiger charge is 2.24. The molecule has 1 aliphatic rings. The molecule has 0 aliphatic carbocycles. The summed E-state index contributed by atoms with van der Waals surface area (Å²) in [5.74, 6) is 0. The molecule has 3 heterocycles. The zero-order valence-corrected chi connectivity index (χ0v) is 13.0. The van der Waals surface area contributed by atoms with Crippen LogP contribution in [0.15, 0.2) is 79.0 Å². The average molecular weight is 306 g/mol. The highest BCUT2D eigenvalue weighted by molar-refractivity contribution is 6.15. The van der Waals surface area contributed by atoms with Crippen LogP contribution >= 0.6 is 0 Å². The summed E-state index contributed by atoms with van der Waals surface area (Å²) < 4.78 is 2.42. The smallest absolute Gasteiger partial charge is 0.0634 e. The number of aromatic nitrogens is 2. The van der Waals surface area contributed by atoms with Crippen molar-refractivity contribution in [3.05, 3.63) is 79.0 Å². The van der Waals surface area contributed by atoms with E-state index in [1.807, 2.05) is 6.20 Å². The standard InChI is InChI=1S/C22H14N2/c1-3-10-19-14(6-1)16-12-13-23-21(16)18-9-5-8-17-15-7-2-4-11-20(15)24(19)22(17)18/h1-13,23H. The van der Waals surface area contributed by atoms with Crippen LogP contribution < -0.4 is 0 Å². The second kappa shape index (κ2) is 4.18. The van der Waals surface area contributed by atoms with Crippen LogP contribution in [0.25, 0.3) is 49.9 Å². The molecule has 6 rings (SSSR count). The van der Waals surface area contributed by atoms with Gasteiger partial charge in [0.25, 0.3) is 0 Å². The van der Waals surface area contributed by atoms with Crippen molar-refractivity contribution in [2.75, 3.05) is 0 Å². The van der Waals surface area contributed by atoms with E-state index in [1.54, 1.807) is 0 Å². The fourth-order valence-electron chi connectivity index (χ4n) is 4.18. The number of rotatable bonds is 0. The normalized spacial score (nSPS) is 12.2. The first-order chi connectivity index (χ1) is 11.9. The van der Waals surface area contributed by atoms with Gasteiger partial charge in [0, 0.05) is 33.7 Å². The molecule has 1 aliphatic heterocycles. The van der Waals surface area contributed by atoms with Crippen molar-refractivity contribution in [3.8, 4) is 28.1 Å². The van der Waals surface area contributed by atoms with E-state index in [-0.39, 0.29) is 0 Å². The van der Waals surface area contributed by atoms with E-state index in [2.05, 4.69) is 82.3 Å². The van der Waals surface area contributed by atoms with Gasteiger partial charge in [-0.3, -0.25) is 0 Å². The van der Waals surface area contributed by atoms with E-state index in [4.69, 9.17) is 0 Å². The maximum Gasteiger partial charge on any atom is 0.0634 e. The van der Waals surface area contributed by atoms with Crippen LogP contribution in [0.2, 0.25) is 0 Å². The van der Waals surface area contributed by atoms with Crippen LogP contribution in [-0.2, 0) is 0 Å². The number of hydrogen-bond donors (Lipinski definition) is 1. The molecule has 1 N–H and O–H groups in total. The molecular weight excluding hydrogens is 292 g/mol. The molecular formula is C22H14N2. The minimum atomic E-state index is 1.20. The first-order valence-corrected chi connectivity index (χ1v) is 8.23. The molecule has 5 aromatic rings. The summed E-state index contributed by atoms with van der Waals surface area (Å²) >= 11 is 0. The van der Waals surface area contributed by atoms with E-state index in [9.17, 15) is 0 Å². The Labute approximate surface area is 139 Å². The molecule has 2 nitrogen and oxygen atoms in total. The lowest BCUT2D eigenvalue weighted by Gasteiger charge is -2.10. The maximum absolute atomic E-state index is 3.47. The fourth-order valence-corrected chi connectivity index (χ4v) is 4.18. The summed E-state index contributed by atoms with van der Waals surface area (Å²) in [4.78, 5) is 3.47. The molecule has 0 spiro atoms. The van der Waals surface area contributed by atoms with Crippen LogP contribution in [-0.4, -0.2) is 9.55 Å². The molecule has 0 saturated heterocycles. The van der Waals surface area contributed by atoms with Crippen molar-refractivity contribution in [2.45, 2.75) is 0 Å². The minimum absolute atomic E-state index is 1.20. The van der Waals surface area contributed by atoms with Crippen molar-refractivity contribution in [2.24, 2.45) is 0 Å². The van der Waals surface area contributed by atoms with Gasteiger partial charge in [-0.25, -0.2) is 0 Å². The number of nitrogens with one attached hydrogen (secondary N) is 1. The summed E-state index contributed by atoms with van der Waals surface area (Å²) in [5.41, 5.74) is 8.80. The number of H-pyrrole nitrogens is 1. The third-order valence-corrected chi connectivity index (χ3v) is 5.15. The largest absolute Gasteiger partial charge is 0.361 e. The third kappa shape index (κ3) is 1.32. The number of para-hydroxylation sites is 3. The topological polar surface area (TPSA) is 20.7 Å². The van der Waals surface area contributed by atoms with Gasteiger partial charge in [-0.1, -0.05) is 54.6 Å². The summed E-state index contributed by atoms with van der Waals surface area (Å²) in [6.45, 7) is 0. The van der Waals surface area contributed by atoms with Gasteiger partial charge in [-0.2, -0.15) is 0 Å². The van der Waals surface area contributed by atoms with Gasteiger partial charge >= 0.3 is 0 Å². The second-order valence-electron chi connectivity index (χ2n) is 6.34. The van der Waals surface area contributed by atoms with Gasteiger partial charge in [-0.05, 0) is 18.2 Å². The summed E-state index contributed by atoms with van der Waals surface area (Å²) in [6, 6.07) is 26.2. The lowest BCUT2D eigenvalue weighted by Crippen LogP contribution is -1.95. The van der Waals surface area contributed by atoms with Gasteiger partial charge in [0.1, 0.15) is 0 Å². The average Bonchev–Trinajstić information content (AvgIpc) is 3.21. The van der Waals surface area contributed by atoms with Gasteiger partial charge < -0.3 is 9.55 Å². The van der Waals surface area contributed by atoms with Crippen LogP contribution in [0.3, 0.4) is 0 Å². The van der Waals surface area contributed by atoms with Crippen LogP contribution in [0.4, 0.5) is 0 Å². The van der Waals surface area contributed by atoms with E-state index in [0.29, 0.717) is 0 Å². The molecule has 2 aromatic heterocycles. The first-order valence-electron chi connectivity index (χ1n) is 8.23. The van der Waals surface area contributed by atoms with Gasteiger partial charge in [0.15, 0.2) is 0 Å². The summed E-state index contributed by atoms with van der Waals surface area (Å²) in [5, 5.41) is 2.61. The minimum Gasteiger partial charge on any atom is -0.361 e. The predicted molar refractivity (Wildman–Crippen MR) is 99.6 cm³/mol. The van der Waals surface area contributed by atoms with Crippen LogP contribution in [0.1, 0.15) is 0 Å². The van der Waals surface area contributed by atoms with E-state index in [0.717, 1.165) is 0 Å². The molecule has 0 unspecified atom stereocenters. The quantitative estimate of drug-likeness (QED) is 0.368. The zero-order valence-electron chi connectivity index (χ0n) is 13.0. The molecule has 0 atom stereocenters. The number of aromatic amines is 1. The second-order valence-corrected chi connectivity index (χ2v) is 6.34. The first kappa shape index (κ1) is 12.2. The van der Waals surface area contributed by atoms with Crippen molar-refractivity contribution >= 4 is 21.8 Å². The Morgan fingerprint density at radius 1 is 0.625 bits per heavy atom. The zero-order chi connectivity index (χ0) is 15.7. The lowest BCUT2D eigenvalue weighted by molar-refractivity contribution is 1.19. The molecule has 24 heavy (non-hydrogen) atoms. The SMILES string of the molecule is c1ccc2c(c1)-c1cc[nH]c1-c1cccc3c4ccccc4n-2c13. The molecule has 0 saturated carbocycles. The van der Waals surface area contributed by atoms with Crippen molar-refractivity contribution < 1.29 is 0 Å². The molecule has 0 radical (unpaired) electrons. The Kier molecular flexibility index (Phi) is 2.12. The van der Waals surface area contributed by atoms with Crippen molar-refractivity contribution in [1.82, 2.24) is 9.55 Å². The van der Waals surface area contributed by atoms with Gasteiger partial charge in [0.2, 0.25) is 0 Å². The summed E-state index contributed by atoms with van der Waals surface area (Å²) in [7, 11) is 0. The molecule has 0 fully saturated rings. The van der Waals surface area contributed by atoms with Crippen LogP contribution in [0.5, 0.6) is 0 Å². The number of fused-ring (bicyclic) bond motifs is 8. The predicted octanol–water partition coefficient (Wildman–Crippen LogP) is 5.76. The van der Waals surface area contributed by atoms with E-state index < -0.39 is 0 Å². The van der Waals surface area contributed by atoms with Crippen LogP contribution in [0, 0.1) is 0 Å². The number of benzene rings is 3. The third-order valence-electron chi connectivity index (χ3n) is 5.15. The Morgan fingerprint density at radius 2 is 1.42 bits per heavy atom. The highest BCUT2D eigenvalue weighted by atomic mass is 15.0. The highest BCUT2D eigenvalue weighted by Crippen LogP contribution is 2.45. The summed E-state index contributed by atoms with van der Waals surface area (Å²) in [6.07, 6.45) is 2.04. The fraction of sp³-hybridized carbons (Fsp3) is 0. The lowest BCUT2D eigenvalue weighted by atomic mass is 10.00. The molecule has 112 valence electrons. The monoisotopic (exact) mass is 306 g/mol. The Bertz CT molecular complexity index is 1250. The Hall–Kier alpha value is -3.26. The van der Waals surface area contributed by atoms with Crippen molar-refractivity contribution in [1.29, 1.82) is 0 Å². The Morgan fingerprint density at radius 3 is 2.42 bits per heavy atom. The molecule has 2 heteroatoms. The van der Waals surface area contributed by atoms with Gasteiger partial charge in [-0.15, -0.1) is 0 Å². The maximum atomic E-state index is 3.47. The van der Waals surface area contributed by atoms with E-state index >= 15 is 0 Å². The Balaban J connectivity index is 2.00. The number of hydrogen-bond acceptors (Lipinski definition) is 0. The molecule has 3 aromatic carbocycles. The van der Waals surface area contributed by atoms with Crippen molar-refractivity contribution in [3.63, 3.8) is 0 Å². The van der Waals surface area contributed by atoms with Gasteiger partial charge in [0.05, 0.1) is 22.4 Å². The molecule has 0 amide bonds.